The maximum absolute atomic E-state index is 5.23. The van der Waals surface area contributed by atoms with Gasteiger partial charge >= 0.3 is 0 Å². The van der Waals surface area contributed by atoms with Crippen molar-refractivity contribution < 1.29 is 4.74 Å². The van der Waals surface area contributed by atoms with Crippen molar-refractivity contribution in [3.05, 3.63) is 42.0 Å². The van der Waals surface area contributed by atoms with E-state index in [4.69, 9.17) is 4.74 Å². The molecule has 2 aromatic rings. The van der Waals surface area contributed by atoms with Gasteiger partial charge in [-0.15, -0.1) is 10.2 Å². The Kier molecular flexibility index (Phi) is 4.52. The monoisotopic (exact) mass is 260 g/mol. The summed E-state index contributed by atoms with van der Waals surface area (Å²) < 4.78 is 7.29. The number of rotatable bonds is 6. The fourth-order valence-corrected chi connectivity index (χ4v) is 1.97. The number of likely N-dealkylation sites (N-methyl/N-ethyl adjacent to an activating group) is 1. The predicted octanol–water partition coefficient (Wildman–Crippen LogP) is 1.73. The number of ether oxygens (including phenoxy) is 1. The number of aryl methyl sites for hydroxylation is 1. The minimum Gasteiger partial charge on any atom is -0.497 e. The standard InChI is InChI=1S/C14H20N4O/c1-12-16-15-11-18(12)8-7-17(2)10-13-5-4-6-14(9-13)19-3/h4-6,9,11H,7-8,10H2,1-3H3. The molecule has 0 saturated carbocycles. The van der Waals surface area contributed by atoms with Crippen molar-refractivity contribution in [2.45, 2.75) is 20.0 Å². The van der Waals surface area contributed by atoms with Gasteiger partial charge in [-0.2, -0.15) is 0 Å². The van der Waals surface area contributed by atoms with Crippen LogP contribution in [0.2, 0.25) is 0 Å². The Morgan fingerprint density at radius 3 is 2.89 bits per heavy atom. The van der Waals surface area contributed by atoms with Gasteiger partial charge in [0, 0.05) is 19.6 Å². The Morgan fingerprint density at radius 1 is 1.37 bits per heavy atom. The molecule has 0 radical (unpaired) electrons. The average Bonchev–Trinajstić information content (AvgIpc) is 2.82. The number of benzene rings is 1. The summed E-state index contributed by atoms with van der Waals surface area (Å²) in [4.78, 5) is 2.27. The highest BCUT2D eigenvalue weighted by Gasteiger charge is 2.03. The quantitative estimate of drug-likeness (QED) is 0.793. The molecule has 0 aliphatic heterocycles. The summed E-state index contributed by atoms with van der Waals surface area (Å²) in [6, 6.07) is 8.17. The summed E-state index contributed by atoms with van der Waals surface area (Å²) in [5.41, 5.74) is 1.25. The zero-order chi connectivity index (χ0) is 13.7. The van der Waals surface area contributed by atoms with Crippen molar-refractivity contribution in [3.8, 4) is 5.75 Å². The van der Waals surface area contributed by atoms with Crippen molar-refractivity contribution >= 4 is 0 Å². The largest absolute Gasteiger partial charge is 0.497 e. The van der Waals surface area contributed by atoms with E-state index in [1.807, 2.05) is 19.1 Å². The Morgan fingerprint density at radius 2 is 2.21 bits per heavy atom. The van der Waals surface area contributed by atoms with E-state index in [9.17, 15) is 0 Å². The zero-order valence-electron chi connectivity index (χ0n) is 11.7. The number of hydrogen-bond donors (Lipinski definition) is 0. The van der Waals surface area contributed by atoms with E-state index in [0.29, 0.717) is 0 Å². The molecule has 0 N–H and O–H groups in total. The Balaban J connectivity index is 1.87. The highest BCUT2D eigenvalue weighted by molar-refractivity contribution is 5.28. The maximum Gasteiger partial charge on any atom is 0.129 e. The molecule has 1 aromatic carbocycles. The third kappa shape index (κ3) is 3.79. The number of aromatic nitrogens is 3. The summed E-state index contributed by atoms with van der Waals surface area (Å²) in [6.07, 6.45) is 1.77. The van der Waals surface area contributed by atoms with Gasteiger partial charge < -0.3 is 14.2 Å². The molecule has 0 aliphatic rings. The molecule has 102 valence electrons. The highest BCUT2D eigenvalue weighted by Crippen LogP contribution is 2.13. The smallest absolute Gasteiger partial charge is 0.129 e. The molecule has 2 rings (SSSR count). The van der Waals surface area contributed by atoms with Gasteiger partial charge in [-0.1, -0.05) is 12.1 Å². The molecule has 19 heavy (non-hydrogen) atoms. The summed E-state index contributed by atoms with van der Waals surface area (Å²) in [5.74, 6) is 1.86. The van der Waals surface area contributed by atoms with Crippen LogP contribution in [-0.4, -0.2) is 40.4 Å². The van der Waals surface area contributed by atoms with Crippen molar-refractivity contribution in [1.29, 1.82) is 0 Å². The zero-order valence-corrected chi connectivity index (χ0v) is 11.7. The molecule has 0 saturated heterocycles. The second-order valence-electron chi connectivity index (χ2n) is 4.66. The fraction of sp³-hybridized carbons (Fsp3) is 0.429. The van der Waals surface area contributed by atoms with E-state index in [-0.39, 0.29) is 0 Å². The molecule has 0 fully saturated rings. The molecule has 0 bridgehead atoms. The van der Waals surface area contributed by atoms with Gasteiger partial charge in [0.05, 0.1) is 7.11 Å². The van der Waals surface area contributed by atoms with Crippen molar-refractivity contribution in [1.82, 2.24) is 19.7 Å². The van der Waals surface area contributed by atoms with Crippen LogP contribution in [0.5, 0.6) is 5.75 Å². The molecule has 0 spiro atoms. The molecular weight excluding hydrogens is 240 g/mol. The Labute approximate surface area is 113 Å². The number of methoxy groups -OCH3 is 1. The average molecular weight is 260 g/mol. The van der Waals surface area contributed by atoms with Gasteiger partial charge in [0.25, 0.3) is 0 Å². The van der Waals surface area contributed by atoms with Crippen LogP contribution in [-0.2, 0) is 13.1 Å². The first-order valence-electron chi connectivity index (χ1n) is 6.35. The molecule has 0 aliphatic carbocycles. The lowest BCUT2D eigenvalue weighted by Crippen LogP contribution is -2.23. The van der Waals surface area contributed by atoms with Crippen LogP contribution in [0.1, 0.15) is 11.4 Å². The van der Waals surface area contributed by atoms with Crippen LogP contribution >= 0.6 is 0 Å². The van der Waals surface area contributed by atoms with Crippen molar-refractivity contribution in [2.24, 2.45) is 0 Å². The molecule has 5 nitrogen and oxygen atoms in total. The third-order valence-corrected chi connectivity index (χ3v) is 3.12. The van der Waals surface area contributed by atoms with E-state index >= 15 is 0 Å². The normalized spacial score (nSPS) is 10.9. The van der Waals surface area contributed by atoms with Gasteiger partial charge in [0.1, 0.15) is 17.9 Å². The van der Waals surface area contributed by atoms with E-state index in [1.165, 1.54) is 5.56 Å². The van der Waals surface area contributed by atoms with E-state index in [0.717, 1.165) is 31.2 Å². The molecule has 0 atom stereocenters. The van der Waals surface area contributed by atoms with Crippen LogP contribution in [0.3, 0.4) is 0 Å². The second-order valence-corrected chi connectivity index (χ2v) is 4.66. The van der Waals surface area contributed by atoms with Crippen molar-refractivity contribution in [3.63, 3.8) is 0 Å². The Bertz CT molecular complexity index is 524. The van der Waals surface area contributed by atoms with Gasteiger partial charge in [-0.05, 0) is 31.7 Å². The summed E-state index contributed by atoms with van der Waals surface area (Å²) >= 11 is 0. The van der Waals surface area contributed by atoms with Gasteiger partial charge in [-0.25, -0.2) is 0 Å². The maximum atomic E-state index is 5.23. The Hall–Kier alpha value is -1.88. The fourth-order valence-electron chi connectivity index (χ4n) is 1.97. The molecule has 1 aromatic heterocycles. The first kappa shape index (κ1) is 13.5. The van der Waals surface area contributed by atoms with Crippen molar-refractivity contribution in [2.75, 3.05) is 20.7 Å². The topological polar surface area (TPSA) is 43.2 Å². The van der Waals surface area contributed by atoms with Crippen LogP contribution in [0.25, 0.3) is 0 Å². The van der Waals surface area contributed by atoms with Crippen LogP contribution in [0, 0.1) is 6.92 Å². The van der Waals surface area contributed by atoms with E-state index < -0.39 is 0 Å². The highest BCUT2D eigenvalue weighted by atomic mass is 16.5. The summed E-state index contributed by atoms with van der Waals surface area (Å²) in [6.45, 7) is 4.73. The van der Waals surface area contributed by atoms with Gasteiger partial charge in [0.15, 0.2) is 0 Å². The lowest BCUT2D eigenvalue weighted by Gasteiger charge is -2.17. The van der Waals surface area contributed by atoms with E-state index in [1.54, 1.807) is 13.4 Å². The SMILES string of the molecule is COc1cccc(CN(C)CCn2cnnc2C)c1. The number of nitrogens with zero attached hydrogens (tertiary/aromatic N) is 4. The van der Waals surface area contributed by atoms with E-state index in [2.05, 4.69) is 38.8 Å². The third-order valence-electron chi connectivity index (χ3n) is 3.12. The first-order chi connectivity index (χ1) is 9.19. The minimum atomic E-state index is 0.901. The summed E-state index contributed by atoms with van der Waals surface area (Å²) in [5, 5.41) is 7.86. The van der Waals surface area contributed by atoms with Gasteiger partial charge in [-0.3, -0.25) is 0 Å². The first-order valence-corrected chi connectivity index (χ1v) is 6.35. The molecule has 5 heteroatoms. The molecule has 1 heterocycles. The summed E-state index contributed by atoms with van der Waals surface area (Å²) in [7, 11) is 3.80. The van der Waals surface area contributed by atoms with Crippen LogP contribution < -0.4 is 4.74 Å². The van der Waals surface area contributed by atoms with Crippen LogP contribution in [0.4, 0.5) is 0 Å². The predicted molar refractivity (Wildman–Crippen MR) is 74.1 cm³/mol. The molecule has 0 unspecified atom stereocenters. The molecule has 0 amide bonds. The second kappa shape index (κ2) is 6.33. The lowest BCUT2D eigenvalue weighted by molar-refractivity contribution is 0.309. The van der Waals surface area contributed by atoms with Crippen LogP contribution in [0.15, 0.2) is 30.6 Å². The minimum absolute atomic E-state index is 0.901. The lowest BCUT2D eigenvalue weighted by atomic mass is 10.2. The number of hydrogen-bond acceptors (Lipinski definition) is 4. The van der Waals surface area contributed by atoms with Gasteiger partial charge in [0.2, 0.25) is 0 Å². The molecular formula is C14H20N4O.